The summed E-state index contributed by atoms with van der Waals surface area (Å²) in [6.45, 7) is -0.482. The standard InChI is InChI=1S/C21H23N13O7/c22-20-26-15-10(17(38)28-20)24-4-32(15)9-1-7(36)14(41-9)6-2-34(31-30-6)12-8(3-35)40-19(13(12)37)33-5-25-11-16(33)27-21(23)29-18(11)39/h2,4-5,7-9,12-14,19,35-37H,1,3H2,(H3,22,26,28,38)(H3,23,27,29,39). The Balaban J connectivity index is 1.16. The van der Waals surface area contributed by atoms with Crippen molar-refractivity contribution in [1.29, 1.82) is 0 Å². The minimum atomic E-state index is -1.30. The third kappa shape index (κ3) is 3.88. The van der Waals surface area contributed by atoms with E-state index in [0.717, 1.165) is 0 Å². The van der Waals surface area contributed by atoms with Crippen LogP contribution in [0.1, 0.15) is 36.7 Å². The number of aromatic nitrogens is 11. The lowest BCUT2D eigenvalue weighted by Gasteiger charge is -2.19. The fourth-order valence-corrected chi connectivity index (χ4v) is 5.38. The van der Waals surface area contributed by atoms with Gasteiger partial charge in [0.2, 0.25) is 11.9 Å². The number of nitrogen functional groups attached to an aromatic ring is 2. The van der Waals surface area contributed by atoms with E-state index in [-0.39, 0.29) is 46.3 Å². The lowest BCUT2D eigenvalue weighted by atomic mass is 10.1. The molecule has 20 heteroatoms. The van der Waals surface area contributed by atoms with E-state index in [1.165, 1.54) is 32.7 Å². The van der Waals surface area contributed by atoms with Gasteiger partial charge in [-0.2, -0.15) is 9.97 Å². The highest BCUT2D eigenvalue weighted by atomic mass is 16.5. The third-order valence-corrected chi connectivity index (χ3v) is 7.22. The molecule has 0 aromatic carbocycles. The maximum atomic E-state index is 12.2. The Morgan fingerprint density at radius 2 is 1.61 bits per heavy atom. The van der Waals surface area contributed by atoms with Gasteiger partial charge in [0.25, 0.3) is 11.1 Å². The van der Waals surface area contributed by atoms with Crippen LogP contribution in [0.2, 0.25) is 0 Å². The molecule has 20 nitrogen and oxygen atoms in total. The molecular formula is C21H23N13O7. The number of imidazole rings is 2. The average molecular weight is 569 g/mol. The van der Waals surface area contributed by atoms with Crippen LogP contribution in [0.3, 0.4) is 0 Å². The molecule has 41 heavy (non-hydrogen) atoms. The molecule has 7 unspecified atom stereocenters. The van der Waals surface area contributed by atoms with Crippen molar-refractivity contribution in [1.82, 2.24) is 54.0 Å². The van der Waals surface area contributed by atoms with E-state index in [2.05, 4.69) is 40.2 Å². The number of aliphatic hydroxyl groups is 3. The molecule has 7 rings (SSSR count). The second-order valence-electron chi connectivity index (χ2n) is 9.72. The molecule has 0 spiro atoms. The Bertz CT molecular complexity index is 1890. The molecule has 2 fully saturated rings. The molecule has 2 saturated heterocycles. The van der Waals surface area contributed by atoms with Crippen molar-refractivity contribution in [2.45, 2.75) is 49.3 Å². The molecule has 9 N–H and O–H groups in total. The number of nitrogens with zero attached hydrogens (tertiary/aromatic N) is 9. The summed E-state index contributed by atoms with van der Waals surface area (Å²) < 4.78 is 16.1. The first kappa shape index (κ1) is 25.2. The third-order valence-electron chi connectivity index (χ3n) is 7.22. The highest BCUT2D eigenvalue weighted by Crippen LogP contribution is 2.41. The number of H-pyrrole nitrogens is 2. The van der Waals surface area contributed by atoms with Crippen LogP contribution in [0, 0.1) is 0 Å². The second-order valence-corrected chi connectivity index (χ2v) is 9.72. The lowest BCUT2D eigenvalue weighted by molar-refractivity contribution is -0.0492. The van der Waals surface area contributed by atoms with Crippen LogP contribution in [-0.2, 0) is 9.47 Å². The zero-order valence-corrected chi connectivity index (χ0v) is 20.8. The number of anilines is 2. The van der Waals surface area contributed by atoms with Gasteiger partial charge in [-0.15, -0.1) is 5.10 Å². The highest BCUT2D eigenvalue weighted by Gasteiger charge is 2.47. The summed E-state index contributed by atoms with van der Waals surface area (Å²) in [5.74, 6) is -0.234. The number of hydrogen-bond donors (Lipinski definition) is 7. The SMILES string of the molecule is Nc1nc2c(ncn2C2CC(O)C(c3cn(C4C(CO)OC(n5cnc6c(=O)[nH]c(N)nc65)C4O)nn3)O2)c(=O)[nH]1. The number of nitrogens with two attached hydrogens (primary N) is 2. The average Bonchev–Trinajstić information content (AvgIpc) is 3.73. The van der Waals surface area contributed by atoms with Crippen LogP contribution in [0.5, 0.6) is 0 Å². The summed E-state index contributed by atoms with van der Waals surface area (Å²) in [4.78, 5) is 45.4. The van der Waals surface area contributed by atoms with Gasteiger partial charge in [-0.1, -0.05) is 5.21 Å². The largest absolute Gasteiger partial charge is 0.394 e. The smallest absolute Gasteiger partial charge is 0.280 e. The van der Waals surface area contributed by atoms with Gasteiger partial charge in [0.15, 0.2) is 28.6 Å². The molecule has 5 aromatic rings. The van der Waals surface area contributed by atoms with E-state index >= 15 is 0 Å². The summed E-state index contributed by atoms with van der Waals surface area (Å²) >= 11 is 0. The predicted molar refractivity (Wildman–Crippen MR) is 135 cm³/mol. The van der Waals surface area contributed by atoms with E-state index in [4.69, 9.17) is 20.9 Å². The van der Waals surface area contributed by atoms with E-state index in [1.54, 1.807) is 0 Å². The molecule has 0 amide bonds. The topological polar surface area (TPSA) is 289 Å². The zero-order valence-electron chi connectivity index (χ0n) is 20.8. The lowest BCUT2D eigenvalue weighted by Crippen LogP contribution is -2.31. The highest BCUT2D eigenvalue weighted by molar-refractivity contribution is 5.71. The normalized spacial score (nSPS) is 28.3. The van der Waals surface area contributed by atoms with E-state index < -0.39 is 60.6 Å². The predicted octanol–water partition coefficient (Wildman–Crippen LogP) is -3.18. The first-order valence-corrected chi connectivity index (χ1v) is 12.4. The first-order valence-electron chi connectivity index (χ1n) is 12.4. The number of aromatic amines is 2. The maximum Gasteiger partial charge on any atom is 0.280 e. The van der Waals surface area contributed by atoms with Crippen LogP contribution in [0.4, 0.5) is 11.9 Å². The number of nitrogens with one attached hydrogen (secondary N) is 2. The van der Waals surface area contributed by atoms with Gasteiger partial charge in [-0.3, -0.25) is 28.7 Å². The molecule has 0 aliphatic carbocycles. The second kappa shape index (κ2) is 9.14. The molecule has 7 heterocycles. The fraction of sp³-hybridized carbons (Fsp3) is 0.429. The van der Waals surface area contributed by atoms with Crippen molar-refractivity contribution in [2.75, 3.05) is 18.1 Å². The Morgan fingerprint density at radius 3 is 2.27 bits per heavy atom. The Morgan fingerprint density at radius 1 is 0.976 bits per heavy atom. The van der Waals surface area contributed by atoms with Gasteiger partial charge in [0, 0.05) is 6.42 Å². The van der Waals surface area contributed by atoms with Crippen molar-refractivity contribution in [3.8, 4) is 0 Å². The summed E-state index contributed by atoms with van der Waals surface area (Å²) in [5.41, 5.74) is 10.9. The summed E-state index contributed by atoms with van der Waals surface area (Å²) in [7, 11) is 0. The Kier molecular flexibility index (Phi) is 5.62. The zero-order chi connectivity index (χ0) is 28.6. The van der Waals surface area contributed by atoms with Crippen molar-refractivity contribution in [3.63, 3.8) is 0 Å². The summed E-state index contributed by atoms with van der Waals surface area (Å²) in [6, 6.07) is -0.922. The van der Waals surface area contributed by atoms with Crippen molar-refractivity contribution in [2.24, 2.45) is 0 Å². The molecule has 214 valence electrons. The summed E-state index contributed by atoms with van der Waals surface area (Å²) in [5, 5.41) is 40.3. The molecule has 0 bridgehead atoms. The summed E-state index contributed by atoms with van der Waals surface area (Å²) in [6.07, 6.45) is -1.77. The van der Waals surface area contributed by atoms with E-state index in [1.807, 2.05) is 0 Å². The number of ether oxygens (including phenoxy) is 2. The Labute approximate surface area is 226 Å². The van der Waals surface area contributed by atoms with Gasteiger partial charge in [-0.25, -0.2) is 14.6 Å². The van der Waals surface area contributed by atoms with Crippen LogP contribution in [0.15, 0.2) is 28.4 Å². The molecule has 5 aromatic heterocycles. The minimum Gasteiger partial charge on any atom is -0.394 e. The number of hydrogen-bond acceptors (Lipinski definition) is 15. The number of fused-ring (bicyclic) bond motifs is 2. The number of rotatable bonds is 5. The quantitative estimate of drug-likeness (QED) is 0.110. The van der Waals surface area contributed by atoms with Crippen molar-refractivity contribution in [3.05, 3.63) is 45.3 Å². The Hall–Kier alpha value is -4.76. The van der Waals surface area contributed by atoms with Gasteiger partial charge in [0.1, 0.15) is 36.3 Å². The first-order chi connectivity index (χ1) is 19.7. The molecule has 2 aliphatic heterocycles. The monoisotopic (exact) mass is 569 g/mol. The van der Waals surface area contributed by atoms with Crippen LogP contribution >= 0.6 is 0 Å². The van der Waals surface area contributed by atoms with Crippen LogP contribution in [-0.4, -0.2) is 94.3 Å². The molecule has 0 radical (unpaired) electrons. The van der Waals surface area contributed by atoms with Gasteiger partial charge < -0.3 is 36.3 Å². The van der Waals surface area contributed by atoms with Crippen molar-refractivity contribution >= 4 is 34.2 Å². The molecule has 2 aliphatic rings. The number of aliphatic hydroxyl groups excluding tert-OH is 3. The molecule has 0 saturated carbocycles. The van der Waals surface area contributed by atoms with Gasteiger partial charge >= 0.3 is 0 Å². The molecular weight excluding hydrogens is 546 g/mol. The van der Waals surface area contributed by atoms with Gasteiger partial charge in [0.05, 0.1) is 31.6 Å². The van der Waals surface area contributed by atoms with Crippen LogP contribution < -0.4 is 22.6 Å². The van der Waals surface area contributed by atoms with Crippen LogP contribution in [0.25, 0.3) is 22.3 Å². The van der Waals surface area contributed by atoms with E-state index in [0.29, 0.717) is 0 Å². The fourth-order valence-electron chi connectivity index (χ4n) is 5.38. The van der Waals surface area contributed by atoms with Crippen molar-refractivity contribution < 1.29 is 24.8 Å². The minimum absolute atomic E-state index is 0.00266. The molecule has 7 atom stereocenters. The maximum absolute atomic E-state index is 12.2. The van der Waals surface area contributed by atoms with E-state index in [9.17, 15) is 24.9 Å². The van der Waals surface area contributed by atoms with Gasteiger partial charge in [-0.05, 0) is 0 Å².